The van der Waals surface area contributed by atoms with Crippen LogP contribution in [0.1, 0.15) is 43.7 Å². The maximum atomic E-state index is 5.47. The predicted octanol–water partition coefficient (Wildman–Crippen LogP) is 3.22. The van der Waals surface area contributed by atoms with E-state index in [2.05, 4.69) is 39.1 Å². The molecule has 0 spiro atoms. The van der Waals surface area contributed by atoms with Gasteiger partial charge in [0.05, 0.1) is 20.4 Å². The van der Waals surface area contributed by atoms with Gasteiger partial charge >= 0.3 is 0 Å². The first-order chi connectivity index (χ1) is 13.7. The van der Waals surface area contributed by atoms with Crippen molar-refractivity contribution in [3.63, 3.8) is 0 Å². The van der Waals surface area contributed by atoms with Crippen molar-refractivity contribution in [1.82, 2.24) is 15.2 Å². The molecule has 2 aromatic rings. The number of aromatic nitrogens is 3. The van der Waals surface area contributed by atoms with Crippen LogP contribution in [0.4, 0.5) is 11.8 Å². The minimum absolute atomic E-state index is 0.553. The number of hydrogen-bond acceptors (Lipinski definition) is 7. The van der Waals surface area contributed by atoms with Crippen LogP contribution in [-0.2, 0) is 13.0 Å². The molecule has 0 saturated carbocycles. The van der Waals surface area contributed by atoms with E-state index in [4.69, 9.17) is 14.5 Å². The molecule has 4 rings (SSSR count). The van der Waals surface area contributed by atoms with Crippen molar-refractivity contribution in [2.45, 2.75) is 51.6 Å². The molecular weight excluding hydrogens is 354 g/mol. The Morgan fingerprint density at radius 3 is 2.61 bits per heavy atom. The lowest BCUT2D eigenvalue weighted by Gasteiger charge is -2.36. The summed E-state index contributed by atoms with van der Waals surface area (Å²) in [7, 11) is 3.35. The van der Waals surface area contributed by atoms with E-state index in [1.54, 1.807) is 14.2 Å². The smallest absolute Gasteiger partial charge is 0.247 e. The number of methoxy groups -OCH3 is 2. The van der Waals surface area contributed by atoms with Crippen molar-refractivity contribution >= 4 is 11.8 Å². The maximum Gasteiger partial charge on any atom is 0.247 e. The quantitative estimate of drug-likeness (QED) is 0.785. The van der Waals surface area contributed by atoms with Gasteiger partial charge in [0.2, 0.25) is 5.95 Å². The summed E-state index contributed by atoms with van der Waals surface area (Å²) in [5, 5.41) is 8.62. The normalized spacial score (nSPS) is 19.3. The number of anilines is 2. The monoisotopic (exact) mass is 383 g/mol. The van der Waals surface area contributed by atoms with E-state index >= 15 is 0 Å². The molecule has 3 heterocycles. The second-order valence-corrected chi connectivity index (χ2v) is 7.51. The Hall–Kier alpha value is -2.57. The van der Waals surface area contributed by atoms with Gasteiger partial charge in [0.15, 0.2) is 17.3 Å². The SMILES string of the molecule is CCC1CCCCN1c1cnnc(N2CCc3cc(OC)c(OC)cc3C2)n1. The number of rotatable bonds is 5. The van der Waals surface area contributed by atoms with Gasteiger partial charge < -0.3 is 19.3 Å². The number of hydrogen-bond donors (Lipinski definition) is 0. The predicted molar refractivity (Wildman–Crippen MR) is 109 cm³/mol. The summed E-state index contributed by atoms with van der Waals surface area (Å²) in [4.78, 5) is 9.50. The van der Waals surface area contributed by atoms with Gasteiger partial charge in [-0.1, -0.05) is 6.92 Å². The molecule has 1 aromatic carbocycles. The molecule has 150 valence electrons. The van der Waals surface area contributed by atoms with Crippen LogP contribution in [0.25, 0.3) is 0 Å². The molecule has 0 radical (unpaired) electrons. The van der Waals surface area contributed by atoms with Gasteiger partial charge in [-0.25, -0.2) is 0 Å². The highest BCUT2D eigenvalue weighted by molar-refractivity contribution is 5.51. The second kappa shape index (κ2) is 8.20. The minimum Gasteiger partial charge on any atom is -0.493 e. The fourth-order valence-electron chi connectivity index (χ4n) is 4.34. The minimum atomic E-state index is 0.553. The van der Waals surface area contributed by atoms with E-state index in [1.165, 1.54) is 30.4 Å². The lowest BCUT2D eigenvalue weighted by molar-refractivity contribution is 0.353. The first kappa shape index (κ1) is 18.8. The lowest BCUT2D eigenvalue weighted by atomic mass is 9.99. The second-order valence-electron chi connectivity index (χ2n) is 7.51. The van der Waals surface area contributed by atoms with E-state index in [9.17, 15) is 0 Å². The highest BCUT2D eigenvalue weighted by Crippen LogP contribution is 2.34. The van der Waals surface area contributed by atoms with Crippen LogP contribution in [0.15, 0.2) is 18.3 Å². The summed E-state index contributed by atoms with van der Waals surface area (Å²) in [6.45, 7) is 4.92. The Labute approximate surface area is 166 Å². The molecule has 2 aliphatic rings. The van der Waals surface area contributed by atoms with E-state index in [0.29, 0.717) is 12.0 Å². The Morgan fingerprint density at radius 1 is 1.07 bits per heavy atom. The zero-order valence-electron chi connectivity index (χ0n) is 17.0. The summed E-state index contributed by atoms with van der Waals surface area (Å²) < 4.78 is 10.9. The van der Waals surface area contributed by atoms with Crippen LogP contribution in [-0.4, -0.2) is 48.5 Å². The molecule has 7 nitrogen and oxygen atoms in total. The van der Waals surface area contributed by atoms with Gasteiger partial charge in [-0.3, -0.25) is 0 Å². The third-order valence-electron chi connectivity index (χ3n) is 5.93. The van der Waals surface area contributed by atoms with Crippen LogP contribution >= 0.6 is 0 Å². The van der Waals surface area contributed by atoms with Crippen LogP contribution < -0.4 is 19.3 Å². The fraction of sp³-hybridized carbons (Fsp3) is 0.571. The maximum absolute atomic E-state index is 5.47. The number of ether oxygens (including phenoxy) is 2. The lowest BCUT2D eigenvalue weighted by Crippen LogP contribution is -2.40. The number of piperidine rings is 1. The molecule has 0 aliphatic carbocycles. The van der Waals surface area contributed by atoms with Gasteiger partial charge in [0.1, 0.15) is 0 Å². The standard InChI is InChI=1S/C21H29N5O2/c1-4-17-7-5-6-9-26(17)20-13-22-24-21(23-20)25-10-8-15-11-18(27-2)19(28-3)12-16(15)14-25/h11-13,17H,4-10,14H2,1-3H3. The molecule has 7 heteroatoms. The van der Waals surface area contributed by atoms with Crippen molar-refractivity contribution < 1.29 is 9.47 Å². The molecule has 1 fully saturated rings. The molecule has 1 atom stereocenters. The van der Waals surface area contributed by atoms with Crippen LogP contribution in [0.3, 0.4) is 0 Å². The van der Waals surface area contributed by atoms with Crippen molar-refractivity contribution in [2.75, 3.05) is 37.1 Å². The number of benzene rings is 1. The average molecular weight is 383 g/mol. The van der Waals surface area contributed by atoms with Gasteiger partial charge in [0, 0.05) is 25.7 Å². The zero-order valence-corrected chi connectivity index (χ0v) is 17.0. The third kappa shape index (κ3) is 3.57. The van der Waals surface area contributed by atoms with Crippen LogP contribution in [0.5, 0.6) is 11.5 Å². The van der Waals surface area contributed by atoms with Gasteiger partial charge in [-0.05, 0) is 55.4 Å². The van der Waals surface area contributed by atoms with Crippen molar-refractivity contribution in [1.29, 1.82) is 0 Å². The first-order valence-corrected chi connectivity index (χ1v) is 10.2. The van der Waals surface area contributed by atoms with E-state index in [1.807, 2.05) is 6.20 Å². The van der Waals surface area contributed by atoms with Gasteiger partial charge in [0.25, 0.3) is 0 Å². The largest absolute Gasteiger partial charge is 0.493 e. The van der Waals surface area contributed by atoms with Crippen molar-refractivity contribution in [2.24, 2.45) is 0 Å². The summed E-state index contributed by atoms with van der Waals surface area (Å²) in [5.74, 6) is 3.20. The molecule has 0 bridgehead atoms. The molecule has 1 saturated heterocycles. The van der Waals surface area contributed by atoms with Gasteiger partial charge in [-0.2, -0.15) is 10.1 Å². The Kier molecular flexibility index (Phi) is 5.50. The molecule has 2 aliphatic heterocycles. The van der Waals surface area contributed by atoms with Crippen molar-refractivity contribution in [3.05, 3.63) is 29.5 Å². The third-order valence-corrected chi connectivity index (χ3v) is 5.93. The number of fused-ring (bicyclic) bond motifs is 1. The van der Waals surface area contributed by atoms with Crippen LogP contribution in [0, 0.1) is 0 Å². The Morgan fingerprint density at radius 2 is 1.86 bits per heavy atom. The van der Waals surface area contributed by atoms with Gasteiger partial charge in [-0.15, -0.1) is 5.10 Å². The highest BCUT2D eigenvalue weighted by Gasteiger charge is 2.25. The molecule has 28 heavy (non-hydrogen) atoms. The van der Waals surface area contributed by atoms with E-state index in [0.717, 1.165) is 49.8 Å². The Bertz CT molecular complexity index is 828. The summed E-state index contributed by atoms with van der Waals surface area (Å²) in [6.07, 6.45) is 7.61. The van der Waals surface area contributed by atoms with Crippen molar-refractivity contribution in [3.8, 4) is 11.5 Å². The summed E-state index contributed by atoms with van der Waals surface area (Å²) in [6, 6.07) is 4.70. The molecule has 1 unspecified atom stereocenters. The summed E-state index contributed by atoms with van der Waals surface area (Å²) >= 11 is 0. The topological polar surface area (TPSA) is 63.6 Å². The average Bonchev–Trinajstić information content (AvgIpc) is 2.77. The van der Waals surface area contributed by atoms with E-state index in [-0.39, 0.29) is 0 Å². The molecule has 0 amide bonds. The first-order valence-electron chi connectivity index (χ1n) is 10.2. The van der Waals surface area contributed by atoms with E-state index < -0.39 is 0 Å². The van der Waals surface area contributed by atoms with Crippen LogP contribution in [0.2, 0.25) is 0 Å². The Balaban J connectivity index is 1.57. The highest BCUT2D eigenvalue weighted by atomic mass is 16.5. The molecule has 0 N–H and O–H groups in total. The summed E-state index contributed by atoms with van der Waals surface area (Å²) in [5.41, 5.74) is 2.52. The molecule has 1 aromatic heterocycles. The number of nitrogens with zero attached hydrogens (tertiary/aromatic N) is 5. The fourth-order valence-corrected chi connectivity index (χ4v) is 4.34. The molecular formula is C21H29N5O2. The zero-order chi connectivity index (χ0) is 19.5.